The zero-order chi connectivity index (χ0) is 22.4. The van der Waals surface area contributed by atoms with Crippen molar-refractivity contribution in [2.24, 2.45) is 5.92 Å². The molecule has 0 radical (unpaired) electrons. The van der Waals surface area contributed by atoms with E-state index in [1.54, 1.807) is 33.2 Å². The lowest BCUT2D eigenvalue weighted by Crippen LogP contribution is -2.69. The van der Waals surface area contributed by atoms with Gasteiger partial charge in [-0.25, -0.2) is 5.48 Å². The molecule has 0 spiro atoms. The third-order valence-electron chi connectivity index (χ3n) is 6.05. The van der Waals surface area contributed by atoms with Crippen LogP contribution in [-0.2, 0) is 4.79 Å². The molecule has 4 N–H and O–H groups in total. The fourth-order valence-electron chi connectivity index (χ4n) is 3.39. The van der Waals surface area contributed by atoms with Gasteiger partial charge in [0.1, 0.15) is 5.54 Å². The molecule has 0 saturated carbocycles. The number of aliphatic hydroxyl groups is 1. The van der Waals surface area contributed by atoms with E-state index in [9.17, 15) is 15.1 Å². The Morgan fingerprint density at radius 2 is 1.67 bits per heavy atom. The van der Waals surface area contributed by atoms with E-state index in [1.807, 2.05) is 42.5 Å². The molecule has 0 saturated heterocycles. The second-order valence-corrected chi connectivity index (χ2v) is 8.05. The van der Waals surface area contributed by atoms with Crippen molar-refractivity contribution in [3.63, 3.8) is 0 Å². The highest BCUT2D eigenvalue weighted by molar-refractivity contribution is 5.86. The average molecular weight is 409 g/mol. The molecule has 0 bridgehead atoms. The zero-order valence-corrected chi connectivity index (χ0v) is 18.1. The second-order valence-electron chi connectivity index (χ2n) is 8.05. The predicted octanol–water partition coefficient (Wildman–Crippen LogP) is 4.18. The Morgan fingerprint density at radius 1 is 1.10 bits per heavy atom. The van der Waals surface area contributed by atoms with Crippen LogP contribution in [0.1, 0.15) is 33.3 Å². The van der Waals surface area contributed by atoms with Crippen LogP contribution < -0.4 is 10.8 Å². The molecule has 160 valence electrons. The molecule has 0 heterocycles. The van der Waals surface area contributed by atoms with E-state index < -0.39 is 17.0 Å². The van der Waals surface area contributed by atoms with Crippen LogP contribution in [0.5, 0.6) is 0 Å². The van der Waals surface area contributed by atoms with Crippen LogP contribution in [0.2, 0.25) is 0 Å². The Kier molecular flexibility index (Phi) is 7.73. The van der Waals surface area contributed by atoms with Gasteiger partial charge in [0.25, 0.3) is 5.91 Å². The van der Waals surface area contributed by atoms with Gasteiger partial charge >= 0.3 is 0 Å². The zero-order valence-electron chi connectivity index (χ0n) is 18.1. The van der Waals surface area contributed by atoms with E-state index >= 15 is 0 Å². The van der Waals surface area contributed by atoms with Gasteiger partial charge in [-0.05, 0) is 37.5 Å². The Morgan fingerprint density at radius 3 is 2.20 bits per heavy atom. The third-order valence-corrected chi connectivity index (χ3v) is 6.05. The standard InChI is InChI=1S/C25H32N2O3/c1-18(2)19(3)25(5,29)24(4,23(28)27-30)26-17-9-10-20-13-15-22(16-14-20)21-11-7-6-8-12-21/h6-16,19,26,29-30H,1,17H2,2-5H3,(H,27,28)/b10-9+. The lowest BCUT2D eigenvalue weighted by Gasteiger charge is -2.45. The maximum absolute atomic E-state index is 12.4. The molecular formula is C25H32N2O3. The molecule has 0 aliphatic carbocycles. The predicted molar refractivity (Wildman–Crippen MR) is 122 cm³/mol. The highest BCUT2D eigenvalue weighted by Gasteiger charge is 2.52. The fourth-order valence-corrected chi connectivity index (χ4v) is 3.39. The minimum atomic E-state index is -1.48. The van der Waals surface area contributed by atoms with Crippen molar-refractivity contribution in [3.8, 4) is 11.1 Å². The number of hydrogen-bond donors (Lipinski definition) is 4. The first-order valence-electron chi connectivity index (χ1n) is 10.0. The van der Waals surface area contributed by atoms with Gasteiger partial charge in [0.2, 0.25) is 0 Å². The molecular weight excluding hydrogens is 376 g/mol. The summed E-state index contributed by atoms with van der Waals surface area (Å²) in [5, 5.41) is 23.4. The van der Waals surface area contributed by atoms with Crippen LogP contribution in [0.15, 0.2) is 72.8 Å². The van der Waals surface area contributed by atoms with Gasteiger partial charge in [0.05, 0.1) is 5.60 Å². The number of amides is 1. The van der Waals surface area contributed by atoms with Crippen LogP contribution in [0, 0.1) is 5.92 Å². The molecule has 0 aromatic heterocycles. The third kappa shape index (κ3) is 5.05. The molecule has 2 aromatic rings. The summed E-state index contributed by atoms with van der Waals surface area (Å²) in [4.78, 5) is 12.4. The van der Waals surface area contributed by atoms with Gasteiger partial charge in [-0.2, -0.15) is 0 Å². The van der Waals surface area contributed by atoms with Crippen LogP contribution in [0.25, 0.3) is 17.2 Å². The van der Waals surface area contributed by atoms with Crippen molar-refractivity contribution < 1.29 is 15.1 Å². The first-order valence-corrected chi connectivity index (χ1v) is 10.0. The van der Waals surface area contributed by atoms with Crippen molar-refractivity contribution in [3.05, 3.63) is 78.4 Å². The van der Waals surface area contributed by atoms with Crippen LogP contribution in [0.3, 0.4) is 0 Å². The van der Waals surface area contributed by atoms with Gasteiger partial charge in [-0.15, -0.1) is 0 Å². The van der Waals surface area contributed by atoms with E-state index in [1.165, 1.54) is 0 Å². The van der Waals surface area contributed by atoms with Gasteiger partial charge in [-0.3, -0.25) is 15.3 Å². The second kappa shape index (κ2) is 9.85. The molecule has 5 nitrogen and oxygen atoms in total. The molecule has 0 aliphatic heterocycles. The molecule has 30 heavy (non-hydrogen) atoms. The monoisotopic (exact) mass is 408 g/mol. The van der Waals surface area contributed by atoms with Gasteiger partial charge in [0.15, 0.2) is 0 Å². The van der Waals surface area contributed by atoms with Crippen LogP contribution in [-0.4, -0.2) is 33.9 Å². The maximum Gasteiger partial charge on any atom is 0.266 e. The fraction of sp³-hybridized carbons (Fsp3) is 0.320. The molecule has 0 fully saturated rings. The average Bonchev–Trinajstić information content (AvgIpc) is 2.76. The van der Waals surface area contributed by atoms with Crippen molar-refractivity contribution in [2.45, 2.75) is 38.8 Å². The quantitative estimate of drug-likeness (QED) is 0.285. The van der Waals surface area contributed by atoms with E-state index in [4.69, 9.17) is 0 Å². The van der Waals surface area contributed by atoms with E-state index in [2.05, 4.69) is 36.2 Å². The number of carbonyl (C=O) groups is 1. The van der Waals surface area contributed by atoms with Crippen molar-refractivity contribution >= 4 is 12.0 Å². The van der Waals surface area contributed by atoms with Gasteiger partial charge in [-0.1, -0.05) is 85.8 Å². The number of nitrogens with one attached hydrogen (secondary N) is 2. The van der Waals surface area contributed by atoms with E-state index in [-0.39, 0.29) is 5.92 Å². The molecule has 2 aromatic carbocycles. The summed E-state index contributed by atoms with van der Waals surface area (Å²) >= 11 is 0. The number of hydroxylamine groups is 1. The number of rotatable bonds is 9. The van der Waals surface area contributed by atoms with Gasteiger partial charge < -0.3 is 5.11 Å². The van der Waals surface area contributed by atoms with Crippen LogP contribution in [0.4, 0.5) is 0 Å². The molecule has 5 heteroatoms. The highest BCUT2D eigenvalue weighted by atomic mass is 16.5. The summed E-state index contributed by atoms with van der Waals surface area (Å²) in [6, 6.07) is 18.3. The summed E-state index contributed by atoms with van der Waals surface area (Å²) in [6.45, 7) is 11.0. The normalized spacial score (nSPS) is 16.5. The Bertz CT molecular complexity index is 888. The summed E-state index contributed by atoms with van der Waals surface area (Å²) in [6.07, 6.45) is 3.82. The molecule has 0 aliphatic rings. The first kappa shape index (κ1) is 23.5. The topological polar surface area (TPSA) is 81.6 Å². The maximum atomic E-state index is 12.4. The van der Waals surface area contributed by atoms with Gasteiger partial charge in [0, 0.05) is 12.5 Å². The van der Waals surface area contributed by atoms with Crippen molar-refractivity contribution in [1.29, 1.82) is 0 Å². The minimum absolute atomic E-state index is 0.323. The lowest BCUT2D eigenvalue weighted by atomic mass is 9.71. The smallest absolute Gasteiger partial charge is 0.266 e. The largest absolute Gasteiger partial charge is 0.387 e. The number of benzene rings is 2. The molecule has 1 amide bonds. The Hall–Kier alpha value is -2.73. The SMILES string of the molecule is C=C(C)C(C)C(C)(O)C(C)(NC/C=C/c1ccc(-c2ccccc2)cc1)C(=O)NO. The molecule has 3 unspecified atom stereocenters. The minimum Gasteiger partial charge on any atom is -0.387 e. The van der Waals surface area contributed by atoms with Crippen LogP contribution >= 0.6 is 0 Å². The Labute approximate surface area is 179 Å². The highest BCUT2D eigenvalue weighted by Crippen LogP contribution is 2.33. The molecule has 3 atom stereocenters. The van der Waals surface area contributed by atoms with Crippen molar-refractivity contribution in [2.75, 3.05) is 6.54 Å². The van der Waals surface area contributed by atoms with Crippen molar-refractivity contribution in [1.82, 2.24) is 10.8 Å². The number of carbonyl (C=O) groups excluding carboxylic acids is 1. The lowest BCUT2D eigenvalue weighted by molar-refractivity contribution is -0.150. The summed E-state index contributed by atoms with van der Waals surface area (Å²) in [5.74, 6) is -1.08. The summed E-state index contributed by atoms with van der Waals surface area (Å²) in [7, 11) is 0. The summed E-state index contributed by atoms with van der Waals surface area (Å²) < 4.78 is 0. The van der Waals surface area contributed by atoms with E-state index in [0.29, 0.717) is 6.54 Å². The summed E-state index contributed by atoms with van der Waals surface area (Å²) in [5.41, 5.74) is 2.83. The Balaban J connectivity index is 2.10. The first-order chi connectivity index (χ1) is 14.1. The number of hydrogen-bond acceptors (Lipinski definition) is 4. The molecule has 2 rings (SSSR count). The van der Waals surface area contributed by atoms with E-state index in [0.717, 1.165) is 22.3 Å².